The molecule has 0 bridgehead atoms. The number of aliphatic hydroxyl groups is 1. The summed E-state index contributed by atoms with van der Waals surface area (Å²) in [6.45, 7) is 0.567. The van der Waals surface area contributed by atoms with E-state index in [2.05, 4.69) is 0 Å². The van der Waals surface area contributed by atoms with Gasteiger partial charge in [-0.25, -0.2) is 8.42 Å². The Morgan fingerprint density at radius 1 is 0.853 bits per heavy atom. The van der Waals surface area contributed by atoms with Crippen LogP contribution in [0, 0.1) is 0 Å². The lowest BCUT2D eigenvalue weighted by Crippen LogP contribution is -2.45. The number of carbonyl (C=O) groups is 1. The number of carbonyl (C=O) groups excluding carboxylic acids is 1. The molecule has 0 aliphatic heterocycles. The van der Waals surface area contributed by atoms with Gasteiger partial charge in [-0.3, -0.25) is 4.79 Å². The van der Waals surface area contributed by atoms with Gasteiger partial charge in [-0.2, -0.15) is 0 Å². The Morgan fingerprint density at radius 3 is 1.76 bits per heavy atom. The topological polar surface area (TPSA) is 83.5 Å². The molecule has 18 heteroatoms. The van der Waals surface area contributed by atoms with Crippen molar-refractivity contribution in [2.45, 2.75) is 27.2 Å². The molecule has 2 rings (SSSR count). The van der Waals surface area contributed by atoms with E-state index in [1.165, 1.54) is 0 Å². The number of benzene rings is 2. The molecule has 2 N–H and O–H groups in total. The number of rotatable bonds is 7. The molecule has 34 heavy (non-hydrogen) atoms. The smallest absolute Gasteiger partial charge is 0.310 e. The maximum Gasteiger partial charge on any atom is 0.310 e. The van der Waals surface area contributed by atoms with Crippen molar-refractivity contribution in [3.63, 3.8) is 0 Å². The van der Waals surface area contributed by atoms with E-state index in [-0.39, 0.29) is 36.4 Å². The Bertz CT molecular complexity index is 1260. The van der Waals surface area contributed by atoms with E-state index in [0.717, 1.165) is 6.07 Å². The quantitative estimate of drug-likeness (QED) is 0.346. The molecule has 2 aromatic carbocycles. The molecule has 1 unspecified atom stereocenters. The standard InChI is InChI=1S/C16H15F10NO4S3/c1-16(29,15(28)27-11-3-2-4-14(9-11)34(22,23,24,25)26)10-32(30,31)12-5-7-13(8-6-12)33(17,18,19,20)21/h2-9,29H,10H2,1H3,(H,27,28). The highest BCUT2D eigenvalue weighted by atomic mass is 32.5. The first kappa shape index (κ1) is 28.1. The van der Waals surface area contributed by atoms with Crippen LogP contribution in [-0.4, -0.2) is 30.8 Å². The van der Waals surface area contributed by atoms with Crippen molar-refractivity contribution in [2.75, 3.05) is 11.1 Å². The molecule has 196 valence electrons. The summed E-state index contributed by atoms with van der Waals surface area (Å²) in [6, 6.07) is 1.01. The largest absolute Gasteiger partial charge is 0.379 e. The van der Waals surface area contributed by atoms with Gasteiger partial charge < -0.3 is 10.4 Å². The molecule has 0 saturated heterocycles. The maximum atomic E-state index is 12.9. The SMILES string of the molecule is CC(O)(CS(=O)(=O)c1ccc(S(F)(F)(F)(F)F)cc1)C(=O)Nc1cccc(S(F)(F)(F)(F)F)c1. The molecule has 0 radical (unpaired) electrons. The zero-order valence-corrected chi connectivity index (χ0v) is 19.0. The summed E-state index contributed by atoms with van der Waals surface area (Å²) in [5.41, 5.74) is -3.82. The lowest BCUT2D eigenvalue weighted by Gasteiger charge is -2.40. The second kappa shape index (κ2) is 6.52. The summed E-state index contributed by atoms with van der Waals surface area (Å²) >= 11 is 0. The average Bonchev–Trinajstić information content (AvgIpc) is 2.57. The Hall–Kier alpha value is -2.18. The lowest BCUT2D eigenvalue weighted by atomic mass is 10.1. The fraction of sp³-hybridized carbons (Fsp3) is 0.188. The number of amides is 1. The van der Waals surface area contributed by atoms with Gasteiger partial charge in [-0.1, -0.05) is 44.9 Å². The maximum absolute atomic E-state index is 12.9. The summed E-state index contributed by atoms with van der Waals surface area (Å²) in [6.07, 6.45) is 0. The van der Waals surface area contributed by atoms with Crippen LogP contribution in [0.15, 0.2) is 63.2 Å². The third-order valence-electron chi connectivity index (χ3n) is 4.13. The van der Waals surface area contributed by atoms with Gasteiger partial charge in [0.1, 0.15) is 9.79 Å². The van der Waals surface area contributed by atoms with E-state index >= 15 is 0 Å². The second-order valence-corrected chi connectivity index (χ2v) is 14.2. The van der Waals surface area contributed by atoms with Crippen LogP contribution in [0.3, 0.4) is 0 Å². The number of anilines is 1. The van der Waals surface area contributed by atoms with E-state index in [4.69, 9.17) is 0 Å². The average molecular weight is 571 g/mol. The molecule has 0 heterocycles. The van der Waals surface area contributed by atoms with Crippen molar-refractivity contribution in [1.29, 1.82) is 0 Å². The highest BCUT2D eigenvalue weighted by Crippen LogP contribution is 3.02. The Labute approximate surface area is 186 Å². The van der Waals surface area contributed by atoms with Crippen molar-refractivity contribution in [2.24, 2.45) is 0 Å². The molecule has 1 atom stereocenters. The van der Waals surface area contributed by atoms with Gasteiger partial charge in [0.15, 0.2) is 15.4 Å². The van der Waals surface area contributed by atoms with E-state index < -0.39 is 67.9 Å². The van der Waals surface area contributed by atoms with Gasteiger partial charge in [0, 0.05) is 5.69 Å². The third kappa shape index (κ3) is 6.92. The van der Waals surface area contributed by atoms with Gasteiger partial charge in [0.05, 0.1) is 10.6 Å². The van der Waals surface area contributed by atoms with Crippen LogP contribution in [0.1, 0.15) is 6.92 Å². The molecule has 1 amide bonds. The molecular formula is C16H15F10NO4S3. The Kier molecular flexibility index (Phi) is 5.38. The summed E-state index contributed by atoms with van der Waals surface area (Å²) < 4.78 is 153. The van der Waals surface area contributed by atoms with Crippen molar-refractivity contribution in [3.05, 3.63) is 48.5 Å². The molecule has 0 saturated carbocycles. The van der Waals surface area contributed by atoms with Crippen LogP contribution in [0.5, 0.6) is 0 Å². The van der Waals surface area contributed by atoms with Gasteiger partial charge in [-0.15, -0.1) is 0 Å². The molecule has 5 nitrogen and oxygen atoms in total. The van der Waals surface area contributed by atoms with Gasteiger partial charge >= 0.3 is 20.4 Å². The highest BCUT2D eigenvalue weighted by molar-refractivity contribution is 8.46. The molecule has 2 aromatic rings. The van der Waals surface area contributed by atoms with Gasteiger partial charge in [0.2, 0.25) is 0 Å². The molecule has 0 aromatic heterocycles. The molecule has 0 fully saturated rings. The van der Waals surface area contributed by atoms with Crippen molar-refractivity contribution in [3.8, 4) is 0 Å². The minimum atomic E-state index is -10.1. The first-order valence-corrected chi connectivity index (χ1v) is 14.0. The summed E-state index contributed by atoms with van der Waals surface area (Å²) in [7, 11) is -25.0. The zero-order valence-electron chi connectivity index (χ0n) is 16.5. The number of hydrogen-bond acceptors (Lipinski definition) is 4. The van der Waals surface area contributed by atoms with E-state index in [0.29, 0.717) is 13.0 Å². The van der Waals surface area contributed by atoms with Gasteiger partial charge in [-0.05, 0) is 49.4 Å². The first-order chi connectivity index (χ1) is 14.5. The normalized spacial score (nSPS) is 19.1. The predicted molar refractivity (Wildman–Crippen MR) is 107 cm³/mol. The van der Waals surface area contributed by atoms with Crippen molar-refractivity contribution >= 4 is 41.9 Å². The molecule has 0 aliphatic rings. The molecular weight excluding hydrogens is 556 g/mol. The third-order valence-corrected chi connectivity index (χ3v) is 8.37. The first-order valence-electron chi connectivity index (χ1n) is 8.45. The molecule has 0 spiro atoms. The fourth-order valence-electron chi connectivity index (χ4n) is 2.50. The highest BCUT2D eigenvalue weighted by Gasteiger charge is 2.66. The van der Waals surface area contributed by atoms with Crippen LogP contribution in [-0.2, 0) is 14.6 Å². The monoisotopic (exact) mass is 571 g/mol. The Morgan fingerprint density at radius 2 is 1.32 bits per heavy atom. The molecule has 0 aliphatic carbocycles. The van der Waals surface area contributed by atoms with Crippen LogP contribution in [0.25, 0.3) is 0 Å². The van der Waals surface area contributed by atoms with Crippen LogP contribution < -0.4 is 5.32 Å². The second-order valence-electron chi connectivity index (χ2n) is 7.42. The summed E-state index contributed by atoms with van der Waals surface area (Å²) in [5.74, 6) is -3.22. The van der Waals surface area contributed by atoms with E-state index in [1.54, 1.807) is 5.32 Å². The predicted octanol–water partition coefficient (Wildman–Crippen LogP) is 7.16. The van der Waals surface area contributed by atoms with Gasteiger partial charge in [0.25, 0.3) is 5.91 Å². The Balaban J connectivity index is 2.29. The van der Waals surface area contributed by atoms with E-state index in [9.17, 15) is 57.2 Å². The van der Waals surface area contributed by atoms with Crippen LogP contribution >= 0.6 is 20.4 Å². The fourth-order valence-corrected chi connectivity index (χ4v) is 5.43. The van der Waals surface area contributed by atoms with Crippen molar-refractivity contribution < 1.29 is 57.2 Å². The van der Waals surface area contributed by atoms with Crippen LogP contribution in [0.4, 0.5) is 44.5 Å². The minimum Gasteiger partial charge on any atom is -0.379 e. The lowest BCUT2D eigenvalue weighted by molar-refractivity contribution is -0.130. The van der Waals surface area contributed by atoms with Crippen molar-refractivity contribution in [1.82, 2.24) is 0 Å². The number of sulfone groups is 1. The van der Waals surface area contributed by atoms with E-state index in [1.807, 2.05) is 0 Å². The summed E-state index contributed by atoms with van der Waals surface area (Å²) in [5, 5.41) is 11.8. The van der Waals surface area contributed by atoms with Crippen LogP contribution in [0.2, 0.25) is 0 Å². The minimum absolute atomic E-state index is 0.0238. The number of nitrogens with one attached hydrogen (secondary N) is 1. The summed E-state index contributed by atoms with van der Waals surface area (Å²) in [4.78, 5) is 6.44. The number of hydrogen-bond donors (Lipinski definition) is 2. The zero-order chi connectivity index (χ0) is 26.8. The number of halogens is 10.